The van der Waals surface area contributed by atoms with E-state index in [0.29, 0.717) is 0 Å². The second-order valence-corrected chi connectivity index (χ2v) is 4.66. The van der Waals surface area contributed by atoms with Gasteiger partial charge in [0.1, 0.15) is 19.2 Å². The lowest BCUT2D eigenvalue weighted by Gasteiger charge is -2.27. The molecule has 2 nitrogen and oxygen atoms in total. The molecule has 1 saturated heterocycles. The molecule has 1 aliphatic rings. The summed E-state index contributed by atoms with van der Waals surface area (Å²) >= 11 is 0. The number of aliphatic hydroxyl groups is 1. The fourth-order valence-corrected chi connectivity index (χ4v) is 2.28. The Morgan fingerprint density at radius 1 is 1.33 bits per heavy atom. The Morgan fingerprint density at radius 2 is 2.07 bits per heavy atom. The number of nitrogens with one attached hydrogen (secondary N) is 1. The zero-order valence-electron chi connectivity index (χ0n) is 9.37. The summed E-state index contributed by atoms with van der Waals surface area (Å²) in [5.74, 6) is 0. The first-order chi connectivity index (χ1) is 7.24. The number of likely N-dealkylation sites (tertiary alicyclic amines) is 1. The minimum absolute atomic E-state index is 0.0841. The molecule has 2 N–H and O–H groups in total. The maximum Gasteiger partial charge on any atom is 0.104 e. The summed E-state index contributed by atoms with van der Waals surface area (Å²) in [6.07, 6.45) is 2.05. The van der Waals surface area contributed by atoms with Crippen LogP contribution in [0.25, 0.3) is 0 Å². The molecule has 15 heavy (non-hydrogen) atoms. The SMILES string of the molecule is Cc1ccc(C[NH+]2CCC[C@H](O)C2)cc1. The van der Waals surface area contributed by atoms with Gasteiger partial charge in [0.25, 0.3) is 0 Å². The molecule has 1 unspecified atom stereocenters. The molecular weight excluding hydrogens is 186 g/mol. The summed E-state index contributed by atoms with van der Waals surface area (Å²) in [6, 6.07) is 8.72. The van der Waals surface area contributed by atoms with Gasteiger partial charge in [-0.2, -0.15) is 0 Å². The third-order valence-corrected chi connectivity index (χ3v) is 3.17. The molecule has 1 fully saturated rings. The average Bonchev–Trinajstić information content (AvgIpc) is 2.22. The van der Waals surface area contributed by atoms with Crippen LogP contribution >= 0.6 is 0 Å². The lowest BCUT2D eigenvalue weighted by molar-refractivity contribution is -0.921. The van der Waals surface area contributed by atoms with Crippen molar-refractivity contribution in [1.82, 2.24) is 0 Å². The summed E-state index contributed by atoms with van der Waals surface area (Å²) in [4.78, 5) is 1.51. The van der Waals surface area contributed by atoms with Crippen LogP contribution in [0.3, 0.4) is 0 Å². The lowest BCUT2D eigenvalue weighted by atomic mass is 10.1. The maximum absolute atomic E-state index is 9.58. The summed E-state index contributed by atoms with van der Waals surface area (Å²) in [6.45, 7) is 5.28. The Hall–Kier alpha value is -0.860. The summed E-state index contributed by atoms with van der Waals surface area (Å²) in [5.41, 5.74) is 2.69. The lowest BCUT2D eigenvalue weighted by Crippen LogP contribution is -3.12. The second kappa shape index (κ2) is 4.77. The van der Waals surface area contributed by atoms with Crippen molar-refractivity contribution < 1.29 is 10.0 Å². The average molecular weight is 206 g/mol. The molecule has 2 atom stereocenters. The van der Waals surface area contributed by atoms with Gasteiger partial charge in [-0.3, -0.25) is 0 Å². The molecule has 1 aromatic rings. The zero-order valence-corrected chi connectivity index (χ0v) is 9.37. The Labute approximate surface area is 91.5 Å². The maximum atomic E-state index is 9.58. The Bertz CT molecular complexity index is 307. The van der Waals surface area contributed by atoms with Gasteiger partial charge in [0.15, 0.2) is 0 Å². The van der Waals surface area contributed by atoms with Crippen molar-refractivity contribution in [3.8, 4) is 0 Å². The fraction of sp³-hybridized carbons (Fsp3) is 0.538. The highest BCUT2D eigenvalue weighted by Crippen LogP contribution is 2.03. The van der Waals surface area contributed by atoms with E-state index >= 15 is 0 Å². The predicted molar refractivity (Wildman–Crippen MR) is 60.8 cm³/mol. The van der Waals surface area contributed by atoms with Gasteiger partial charge in [0.05, 0.1) is 6.54 Å². The number of aliphatic hydroxyl groups excluding tert-OH is 1. The largest absolute Gasteiger partial charge is 0.387 e. The van der Waals surface area contributed by atoms with Crippen LogP contribution in [0, 0.1) is 6.92 Å². The minimum Gasteiger partial charge on any atom is -0.387 e. The van der Waals surface area contributed by atoms with Crippen LogP contribution in [0.1, 0.15) is 24.0 Å². The van der Waals surface area contributed by atoms with Crippen molar-refractivity contribution in [3.63, 3.8) is 0 Å². The van der Waals surface area contributed by atoms with Gasteiger partial charge < -0.3 is 10.0 Å². The molecule has 0 spiro atoms. The van der Waals surface area contributed by atoms with Gasteiger partial charge in [-0.1, -0.05) is 29.8 Å². The zero-order chi connectivity index (χ0) is 10.7. The van der Waals surface area contributed by atoms with Crippen molar-refractivity contribution in [2.45, 2.75) is 32.4 Å². The van der Waals surface area contributed by atoms with Crippen LogP contribution in [-0.2, 0) is 6.54 Å². The molecule has 1 aromatic carbocycles. The number of aryl methyl sites for hydroxylation is 1. The first-order valence-corrected chi connectivity index (χ1v) is 5.81. The molecule has 82 valence electrons. The Balaban J connectivity index is 1.93. The number of hydrogen-bond acceptors (Lipinski definition) is 1. The number of hydrogen-bond donors (Lipinski definition) is 2. The Morgan fingerprint density at radius 3 is 2.73 bits per heavy atom. The van der Waals surface area contributed by atoms with E-state index in [4.69, 9.17) is 0 Å². The molecule has 0 radical (unpaired) electrons. The van der Waals surface area contributed by atoms with E-state index in [1.807, 2.05) is 0 Å². The van der Waals surface area contributed by atoms with Gasteiger partial charge in [0, 0.05) is 5.56 Å². The van der Waals surface area contributed by atoms with E-state index in [2.05, 4.69) is 31.2 Å². The third-order valence-electron chi connectivity index (χ3n) is 3.17. The van der Waals surface area contributed by atoms with E-state index in [1.165, 1.54) is 22.6 Å². The number of piperidine rings is 1. The summed E-state index contributed by atoms with van der Waals surface area (Å²) < 4.78 is 0. The molecule has 2 rings (SSSR count). The predicted octanol–water partition coefficient (Wildman–Crippen LogP) is 0.535. The fourth-order valence-electron chi connectivity index (χ4n) is 2.28. The van der Waals surface area contributed by atoms with Crippen LogP contribution in [0.15, 0.2) is 24.3 Å². The molecule has 1 aliphatic heterocycles. The molecular formula is C13H20NO+. The van der Waals surface area contributed by atoms with E-state index in [1.54, 1.807) is 0 Å². The monoisotopic (exact) mass is 206 g/mol. The van der Waals surface area contributed by atoms with Crippen LogP contribution in [0.4, 0.5) is 0 Å². The number of benzene rings is 1. The molecule has 0 amide bonds. The standard InChI is InChI=1S/C13H19NO/c1-11-4-6-12(7-5-11)9-14-8-2-3-13(15)10-14/h4-7,13,15H,2-3,8-10H2,1H3/p+1/t13-/m0/s1. The first-order valence-electron chi connectivity index (χ1n) is 5.81. The molecule has 0 aromatic heterocycles. The number of quaternary nitrogens is 1. The summed E-state index contributed by atoms with van der Waals surface area (Å²) in [7, 11) is 0. The van der Waals surface area contributed by atoms with Crippen LogP contribution in [0.5, 0.6) is 0 Å². The van der Waals surface area contributed by atoms with Crippen molar-refractivity contribution in [3.05, 3.63) is 35.4 Å². The first kappa shape index (κ1) is 10.7. The number of rotatable bonds is 2. The van der Waals surface area contributed by atoms with E-state index in [0.717, 1.165) is 25.9 Å². The van der Waals surface area contributed by atoms with Crippen molar-refractivity contribution >= 4 is 0 Å². The van der Waals surface area contributed by atoms with Gasteiger partial charge in [-0.25, -0.2) is 0 Å². The highest BCUT2D eigenvalue weighted by molar-refractivity contribution is 5.20. The summed E-state index contributed by atoms with van der Waals surface area (Å²) in [5, 5.41) is 9.58. The van der Waals surface area contributed by atoms with Crippen LogP contribution in [-0.4, -0.2) is 24.3 Å². The molecule has 0 saturated carbocycles. The molecule has 1 heterocycles. The van der Waals surface area contributed by atoms with Gasteiger partial charge >= 0.3 is 0 Å². The highest BCUT2D eigenvalue weighted by Gasteiger charge is 2.20. The normalized spacial score (nSPS) is 26.5. The molecule has 0 aliphatic carbocycles. The topological polar surface area (TPSA) is 24.7 Å². The molecule has 0 bridgehead atoms. The van der Waals surface area contributed by atoms with Gasteiger partial charge in [0.2, 0.25) is 0 Å². The van der Waals surface area contributed by atoms with Gasteiger partial charge in [-0.15, -0.1) is 0 Å². The van der Waals surface area contributed by atoms with Crippen molar-refractivity contribution in [1.29, 1.82) is 0 Å². The van der Waals surface area contributed by atoms with Crippen molar-refractivity contribution in [2.75, 3.05) is 13.1 Å². The van der Waals surface area contributed by atoms with E-state index in [9.17, 15) is 5.11 Å². The Kier molecular flexibility index (Phi) is 3.39. The van der Waals surface area contributed by atoms with Gasteiger partial charge in [-0.05, 0) is 19.8 Å². The molecule has 2 heteroatoms. The smallest absolute Gasteiger partial charge is 0.104 e. The second-order valence-electron chi connectivity index (χ2n) is 4.66. The quantitative estimate of drug-likeness (QED) is 0.725. The highest BCUT2D eigenvalue weighted by atomic mass is 16.3. The minimum atomic E-state index is -0.0841. The van der Waals surface area contributed by atoms with Crippen LogP contribution < -0.4 is 4.90 Å². The van der Waals surface area contributed by atoms with Crippen LogP contribution in [0.2, 0.25) is 0 Å². The third kappa shape index (κ3) is 3.05. The van der Waals surface area contributed by atoms with E-state index < -0.39 is 0 Å². The van der Waals surface area contributed by atoms with E-state index in [-0.39, 0.29) is 6.10 Å². The van der Waals surface area contributed by atoms with Crippen molar-refractivity contribution in [2.24, 2.45) is 0 Å².